The van der Waals surface area contributed by atoms with Gasteiger partial charge < -0.3 is 10.1 Å². The SMILES string of the molecule is CCOC(=O)c1c(NC(=O)CN(c2cc(Cl)c(Cl)cc2Cl)S(C)(=O)=O)sc2c1CCC2. The Morgan fingerprint density at radius 1 is 1.16 bits per heavy atom. The summed E-state index contributed by atoms with van der Waals surface area (Å²) >= 11 is 19.4. The average molecular weight is 526 g/mol. The lowest BCUT2D eigenvalue weighted by atomic mass is 10.1. The van der Waals surface area contributed by atoms with Crippen molar-refractivity contribution in [2.45, 2.75) is 26.2 Å². The number of esters is 1. The van der Waals surface area contributed by atoms with Crippen molar-refractivity contribution in [3.63, 3.8) is 0 Å². The molecule has 0 saturated carbocycles. The number of carbonyl (C=O) groups is 2. The van der Waals surface area contributed by atoms with E-state index in [-0.39, 0.29) is 27.4 Å². The highest BCUT2D eigenvalue weighted by Gasteiger charge is 2.30. The normalized spacial score (nSPS) is 13.1. The van der Waals surface area contributed by atoms with Crippen LogP contribution in [0.4, 0.5) is 10.7 Å². The molecule has 168 valence electrons. The minimum atomic E-state index is -3.89. The number of sulfonamides is 1. The number of rotatable bonds is 7. The summed E-state index contributed by atoms with van der Waals surface area (Å²) in [6.07, 6.45) is 3.42. The maximum Gasteiger partial charge on any atom is 0.341 e. The molecule has 1 aliphatic rings. The van der Waals surface area contributed by atoms with Crippen molar-refractivity contribution in [2.24, 2.45) is 0 Å². The van der Waals surface area contributed by atoms with Crippen LogP contribution in [0.2, 0.25) is 15.1 Å². The van der Waals surface area contributed by atoms with E-state index in [1.165, 1.54) is 23.5 Å². The Kier molecular flexibility index (Phi) is 7.43. The van der Waals surface area contributed by atoms with Crippen molar-refractivity contribution in [3.05, 3.63) is 43.2 Å². The zero-order valence-electron chi connectivity index (χ0n) is 16.6. The Morgan fingerprint density at radius 2 is 1.84 bits per heavy atom. The Labute approximate surface area is 199 Å². The summed E-state index contributed by atoms with van der Waals surface area (Å²) in [5, 5.41) is 3.28. The summed E-state index contributed by atoms with van der Waals surface area (Å²) in [5.74, 6) is -1.15. The minimum Gasteiger partial charge on any atom is -0.462 e. The van der Waals surface area contributed by atoms with E-state index >= 15 is 0 Å². The van der Waals surface area contributed by atoms with Gasteiger partial charge in [-0.15, -0.1) is 11.3 Å². The Balaban J connectivity index is 1.90. The largest absolute Gasteiger partial charge is 0.462 e. The standard InChI is InChI=1S/C19H19Cl3N2O5S2/c1-3-29-19(26)17-10-5-4-6-15(10)30-18(17)23-16(25)9-24(31(2,27)28)14-8-12(21)11(20)7-13(14)22/h7-8H,3-6,9H2,1-2H3,(H,23,25). The van der Waals surface area contributed by atoms with E-state index in [0.717, 1.165) is 40.3 Å². The highest BCUT2D eigenvalue weighted by atomic mass is 35.5. The van der Waals surface area contributed by atoms with Gasteiger partial charge in [-0.25, -0.2) is 13.2 Å². The van der Waals surface area contributed by atoms with Crippen molar-refractivity contribution >= 4 is 78.7 Å². The first-order valence-corrected chi connectivity index (χ1v) is 13.1. The molecule has 1 aromatic heterocycles. The van der Waals surface area contributed by atoms with Gasteiger partial charge in [-0.3, -0.25) is 9.10 Å². The van der Waals surface area contributed by atoms with Crippen LogP contribution in [0.3, 0.4) is 0 Å². The first-order chi connectivity index (χ1) is 14.5. The summed E-state index contributed by atoms with van der Waals surface area (Å²) in [6.45, 7) is 1.34. The number of carbonyl (C=O) groups excluding carboxylic acids is 2. The average Bonchev–Trinajstić information content (AvgIpc) is 3.23. The van der Waals surface area contributed by atoms with Gasteiger partial charge in [-0.2, -0.15) is 0 Å². The maximum absolute atomic E-state index is 12.8. The zero-order chi connectivity index (χ0) is 22.9. The molecule has 0 saturated heterocycles. The summed E-state index contributed by atoms with van der Waals surface area (Å²) in [4.78, 5) is 26.3. The van der Waals surface area contributed by atoms with Crippen LogP contribution < -0.4 is 9.62 Å². The van der Waals surface area contributed by atoms with Gasteiger partial charge in [0.15, 0.2) is 0 Å². The van der Waals surface area contributed by atoms with Crippen LogP contribution in [0.25, 0.3) is 0 Å². The number of anilines is 2. The third kappa shape index (κ3) is 5.28. The van der Waals surface area contributed by atoms with Crippen LogP contribution >= 0.6 is 46.1 Å². The predicted molar refractivity (Wildman–Crippen MR) is 125 cm³/mol. The fourth-order valence-corrected chi connectivity index (χ4v) is 6.14. The number of benzene rings is 1. The quantitative estimate of drug-likeness (QED) is 0.415. The molecule has 0 fully saturated rings. The molecular weight excluding hydrogens is 507 g/mol. The van der Waals surface area contributed by atoms with Gasteiger partial charge in [-0.1, -0.05) is 34.8 Å². The number of hydrogen-bond donors (Lipinski definition) is 1. The molecule has 1 N–H and O–H groups in total. The number of amides is 1. The van der Waals surface area contributed by atoms with Gasteiger partial charge in [0.1, 0.15) is 11.5 Å². The van der Waals surface area contributed by atoms with Crippen molar-refractivity contribution in [3.8, 4) is 0 Å². The van der Waals surface area contributed by atoms with E-state index in [4.69, 9.17) is 39.5 Å². The Bertz CT molecular complexity index is 1150. The third-order valence-corrected chi connectivity index (χ3v) is 7.96. The zero-order valence-corrected chi connectivity index (χ0v) is 20.5. The smallest absolute Gasteiger partial charge is 0.341 e. The van der Waals surface area contributed by atoms with Gasteiger partial charge in [0, 0.05) is 4.88 Å². The second-order valence-corrected chi connectivity index (χ2v) is 11.1. The van der Waals surface area contributed by atoms with Crippen molar-refractivity contribution in [1.82, 2.24) is 0 Å². The number of thiophene rings is 1. The highest BCUT2D eigenvalue weighted by molar-refractivity contribution is 7.92. The van der Waals surface area contributed by atoms with Crippen LogP contribution in [0.5, 0.6) is 0 Å². The number of ether oxygens (including phenoxy) is 1. The number of hydrogen-bond acceptors (Lipinski definition) is 6. The lowest BCUT2D eigenvalue weighted by Gasteiger charge is -2.23. The fraction of sp³-hybridized carbons (Fsp3) is 0.368. The Hall–Kier alpha value is -1.52. The Morgan fingerprint density at radius 3 is 2.48 bits per heavy atom. The number of aryl methyl sites for hydroxylation is 1. The highest BCUT2D eigenvalue weighted by Crippen LogP contribution is 2.40. The molecule has 1 aliphatic carbocycles. The monoisotopic (exact) mass is 524 g/mol. The molecule has 0 spiro atoms. The molecule has 3 rings (SSSR count). The summed E-state index contributed by atoms with van der Waals surface area (Å²) < 4.78 is 30.7. The third-order valence-electron chi connectivity index (χ3n) is 4.60. The molecule has 1 heterocycles. The maximum atomic E-state index is 12.8. The molecule has 12 heteroatoms. The summed E-state index contributed by atoms with van der Waals surface area (Å²) in [5.41, 5.74) is 1.24. The van der Waals surface area contributed by atoms with Gasteiger partial charge >= 0.3 is 5.97 Å². The molecule has 0 aliphatic heterocycles. The molecule has 0 bridgehead atoms. The van der Waals surface area contributed by atoms with Crippen molar-refractivity contribution in [1.29, 1.82) is 0 Å². The number of nitrogens with one attached hydrogen (secondary N) is 1. The topological polar surface area (TPSA) is 92.8 Å². The summed E-state index contributed by atoms with van der Waals surface area (Å²) in [6, 6.07) is 2.59. The lowest BCUT2D eigenvalue weighted by Crippen LogP contribution is -2.37. The minimum absolute atomic E-state index is 0.0213. The molecule has 0 atom stereocenters. The number of halogens is 3. The van der Waals surface area contributed by atoms with Gasteiger partial charge in [0.2, 0.25) is 15.9 Å². The fourth-order valence-electron chi connectivity index (χ4n) is 3.29. The second kappa shape index (κ2) is 9.54. The van der Waals surface area contributed by atoms with Crippen LogP contribution in [-0.2, 0) is 32.4 Å². The summed E-state index contributed by atoms with van der Waals surface area (Å²) in [7, 11) is -3.89. The molecular formula is C19H19Cl3N2O5S2. The molecule has 0 unspecified atom stereocenters. The first-order valence-electron chi connectivity index (χ1n) is 9.26. The second-order valence-electron chi connectivity index (χ2n) is 6.82. The van der Waals surface area contributed by atoms with Crippen LogP contribution in [-0.4, -0.2) is 39.7 Å². The van der Waals surface area contributed by atoms with Crippen molar-refractivity contribution < 1.29 is 22.7 Å². The predicted octanol–water partition coefficient (Wildman–Crippen LogP) is 4.78. The van der Waals surface area contributed by atoms with Crippen molar-refractivity contribution in [2.75, 3.05) is 29.0 Å². The van der Waals surface area contributed by atoms with Crippen LogP contribution in [0.1, 0.15) is 34.1 Å². The lowest BCUT2D eigenvalue weighted by molar-refractivity contribution is -0.114. The van der Waals surface area contributed by atoms with Crippen LogP contribution in [0.15, 0.2) is 12.1 Å². The van der Waals surface area contributed by atoms with Gasteiger partial charge in [0.05, 0.1) is 39.2 Å². The van der Waals surface area contributed by atoms with E-state index in [1.54, 1.807) is 6.92 Å². The first kappa shape index (κ1) is 24.1. The van der Waals surface area contributed by atoms with Gasteiger partial charge in [0.25, 0.3) is 0 Å². The molecule has 2 aromatic rings. The van der Waals surface area contributed by atoms with Crippen LogP contribution in [0, 0.1) is 0 Å². The van der Waals surface area contributed by atoms with E-state index in [2.05, 4.69) is 5.32 Å². The van der Waals surface area contributed by atoms with E-state index in [0.29, 0.717) is 10.6 Å². The molecule has 31 heavy (non-hydrogen) atoms. The number of nitrogens with zero attached hydrogens (tertiary/aromatic N) is 1. The van der Waals surface area contributed by atoms with Gasteiger partial charge in [-0.05, 0) is 43.9 Å². The van der Waals surface area contributed by atoms with E-state index in [9.17, 15) is 18.0 Å². The molecule has 1 amide bonds. The molecule has 0 radical (unpaired) electrons. The van der Waals surface area contributed by atoms with E-state index in [1.807, 2.05) is 0 Å². The molecule has 1 aromatic carbocycles. The van der Waals surface area contributed by atoms with E-state index < -0.39 is 28.4 Å². The number of fused-ring (bicyclic) bond motifs is 1. The molecule has 7 nitrogen and oxygen atoms in total.